The quantitative estimate of drug-likeness (QED) is 0.864. The largest absolute Gasteiger partial charge is 0.392 e. The maximum absolute atomic E-state index is 12.2. The van der Waals surface area contributed by atoms with Crippen molar-refractivity contribution in [1.29, 1.82) is 0 Å². The molecule has 0 radical (unpaired) electrons. The van der Waals surface area contributed by atoms with Gasteiger partial charge in [-0.1, -0.05) is 30.3 Å². The molecule has 4 heteroatoms. The van der Waals surface area contributed by atoms with E-state index in [4.69, 9.17) is 0 Å². The van der Waals surface area contributed by atoms with Gasteiger partial charge in [0.05, 0.1) is 12.6 Å². The van der Waals surface area contributed by atoms with Crippen molar-refractivity contribution >= 4 is 5.91 Å². The van der Waals surface area contributed by atoms with Gasteiger partial charge in [-0.05, 0) is 18.9 Å². The topological polar surface area (TPSA) is 43.8 Å². The van der Waals surface area contributed by atoms with Crippen LogP contribution in [-0.4, -0.2) is 53.1 Å². The Kier molecular flexibility index (Phi) is 4.93. The lowest BCUT2D eigenvalue weighted by atomic mass is 10.2. The molecule has 1 fully saturated rings. The zero-order valence-electron chi connectivity index (χ0n) is 11.5. The van der Waals surface area contributed by atoms with E-state index < -0.39 is 0 Å². The normalized spacial score (nSPS) is 19.6. The maximum Gasteiger partial charge on any atom is 0.237 e. The Labute approximate surface area is 114 Å². The molecular weight excluding hydrogens is 240 g/mol. The molecule has 1 aromatic rings. The number of amides is 1. The number of nitrogens with zero attached hydrogens (tertiary/aromatic N) is 2. The number of carbonyl (C=O) groups is 1. The van der Waals surface area contributed by atoms with Gasteiger partial charge in [-0.2, -0.15) is 0 Å². The molecule has 1 saturated heterocycles. The van der Waals surface area contributed by atoms with E-state index in [1.807, 2.05) is 47.1 Å². The molecule has 4 nitrogen and oxygen atoms in total. The number of aliphatic hydroxyl groups excluding tert-OH is 1. The monoisotopic (exact) mass is 262 g/mol. The van der Waals surface area contributed by atoms with Crippen LogP contribution >= 0.6 is 0 Å². The Hall–Kier alpha value is -1.39. The molecule has 1 atom stereocenters. The van der Waals surface area contributed by atoms with Gasteiger partial charge in [0.25, 0.3) is 0 Å². The summed E-state index contributed by atoms with van der Waals surface area (Å²) in [4.78, 5) is 16.1. The van der Waals surface area contributed by atoms with Crippen LogP contribution in [-0.2, 0) is 11.3 Å². The van der Waals surface area contributed by atoms with Crippen LogP contribution in [0.5, 0.6) is 0 Å². The molecule has 1 N–H and O–H groups in total. The van der Waals surface area contributed by atoms with Crippen molar-refractivity contribution in [2.75, 3.05) is 26.2 Å². The third-order valence-corrected chi connectivity index (χ3v) is 3.56. The van der Waals surface area contributed by atoms with Crippen molar-refractivity contribution in [2.45, 2.75) is 26.0 Å². The second-order valence-electron chi connectivity index (χ2n) is 5.07. The van der Waals surface area contributed by atoms with Crippen LogP contribution in [0.25, 0.3) is 0 Å². The molecule has 0 bridgehead atoms. The number of aliphatic hydroxyl groups is 1. The van der Waals surface area contributed by atoms with Crippen molar-refractivity contribution in [3.8, 4) is 0 Å². The molecule has 0 aliphatic carbocycles. The van der Waals surface area contributed by atoms with Crippen LogP contribution in [0, 0.1) is 0 Å². The summed E-state index contributed by atoms with van der Waals surface area (Å²) in [5.41, 5.74) is 1.15. The fourth-order valence-corrected chi connectivity index (χ4v) is 2.43. The Morgan fingerprint density at radius 3 is 2.74 bits per heavy atom. The zero-order chi connectivity index (χ0) is 13.7. The maximum atomic E-state index is 12.2. The first-order valence-electron chi connectivity index (χ1n) is 6.91. The van der Waals surface area contributed by atoms with Gasteiger partial charge in [-0.15, -0.1) is 0 Å². The van der Waals surface area contributed by atoms with Gasteiger partial charge in [0.2, 0.25) is 5.91 Å². The van der Waals surface area contributed by atoms with E-state index in [0.717, 1.165) is 18.5 Å². The van der Waals surface area contributed by atoms with Crippen molar-refractivity contribution < 1.29 is 9.90 Å². The molecule has 1 amide bonds. The summed E-state index contributed by atoms with van der Waals surface area (Å²) in [6.45, 7) is 5.22. The number of benzene rings is 1. The Morgan fingerprint density at radius 1 is 1.42 bits per heavy atom. The van der Waals surface area contributed by atoms with E-state index in [1.54, 1.807) is 0 Å². The molecule has 1 aliphatic heterocycles. The molecule has 1 heterocycles. The summed E-state index contributed by atoms with van der Waals surface area (Å²) in [6, 6.07) is 10.0. The van der Waals surface area contributed by atoms with Gasteiger partial charge in [0, 0.05) is 26.2 Å². The van der Waals surface area contributed by atoms with Crippen molar-refractivity contribution in [2.24, 2.45) is 0 Å². The first kappa shape index (κ1) is 14.0. The molecule has 1 aromatic carbocycles. The van der Waals surface area contributed by atoms with Gasteiger partial charge in [-0.25, -0.2) is 0 Å². The van der Waals surface area contributed by atoms with E-state index in [9.17, 15) is 9.90 Å². The van der Waals surface area contributed by atoms with Crippen LogP contribution in [0.2, 0.25) is 0 Å². The van der Waals surface area contributed by atoms with E-state index in [2.05, 4.69) is 0 Å². The lowest BCUT2D eigenvalue weighted by Crippen LogP contribution is -2.39. The van der Waals surface area contributed by atoms with Gasteiger partial charge >= 0.3 is 0 Å². The predicted molar refractivity (Wildman–Crippen MR) is 74.6 cm³/mol. The fourth-order valence-electron chi connectivity index (χ4n) is 2.43. The van der Waals surface area contributed by atoms with Crippen LogP contribution < -0.4 is 0 Å². The number of likely N-dealkylation sites (tertiary alicyclic amines) is 1. The summed E-state index contributed by atoms with van der Waals surface area (Å²) in [5, 5.41) is 9.48. The van der Waals surface area contributed by atoms with Crippen molar-refractivity contribution in [3.05, 3.63) is 35.9 Å². The molecule has 0 aromatic heterocycles. The summed E-state index contributed by atoms with van der Waals surface area (Å²) in [6.07, 6.45) is 0.509. The number of hydrogen-bond acceptors (Lipinski definition) is 3. The van der Waals surface area contributed by atoms with Crippen LogP contribution in [0.3, 0.4) is 0 Å². The molecule has 1 aliphatic rings. The number of β-amino-alcohol motifs (C(OH)–C–C–N with tert-alkyl or cyclic N) is 1. The fraction of sp³-hybridized carbons (Fsp3) is 0.533. The van der Waals surface area contributed by atoms with Crippen LogP contribution in [0.4, 0.5) is 0 Å². The van der Waals surface area contributed by atoms with E-state index in [-0.39, 0.29) is 12.0 Å². The van der Waals surface area contributed by atoms with Crippen molar-refractivity contribution in [1.82, 2.24) is 9.80 Å². The standard InChI is InChI=1S/C15H22N2O2/c1-2-17(10-13-6-4-3-5-7-13)15(19)12-16-9-8-14(18)11-16/h3-7,14,18H,2,8-12H2,1H3. The molecule has 2 rings (SSSR count). The second-order valence-corrected chi connectivity index (χ2v) is 5.07. The smallest absolute Gasteiger partial charge is 0.237 e. The summed E-state index contributed by atoms with van der Waals surface area (Å²) in [5.74, 6) is 0.139. The molecule has 104 valence electrons. The second kappa shape index (κ2) is 6.68. The van der Waals surface area contributed by atoms with E-state index in [0.29, 0.717) is 26.2 Å². The number of carbonyl (C=O) groups excluding carboxylic acids is 1. The minimum absolute atomic E-state index is 0.139. The lowest BCUT2D eigenvalue weighted by Gasteiger charge is -2.24. The zero-order valence-corrected chi connectivity index (χ0v) is 11.5. The first-order chi connectivity index (χ1) is 9.19. The Morgan fingerprint density at radius 2 is 2.16 bits per heavy atom. The number of rotatable bonds is 5. The van der Waals surface area contributed by atoms with Gasteiger partial charge in [-0.3, -0.25) is 9.69 Å². The van der Waals surface area contributed by atoms with Gasteiger partial charge < -0.3 is 10.0 Å². The SMILES string of the molecule is CCN(Cc1ccccc1)C(=O)CN1CCC(O)C1. The van der Waals surface area contributed by atoms with E-state index in [1.165, 1.54) is 0 Å². The molecular formula is C15H22N2O2. The Balaban J connectivity index is 1.88. The predicted octanol–water partition coefficient (Wildman–Crippen LogP) is 1.10. The summed E-state index contributed by atoms with van der Waals surface area (Å²) in [7, 11) is 0. The lowest BCUT2D eigenvalue weighted by molar-refractivity contribution is -0.132. The summed E-state index contributed by atoms with van der Waals surface area (Å²) < 4.78 is 0. The third-order valence-electron chi connectivity index (χ3n) is 3.56. The highest BCUT2D eigenvalue weighted by Crippen LogP contribution is 2.10. The summed E-state index contributed by atoms with van der Waals surface area (Å²) >= 11 is 0. The first-order valence-corrected chi connectivity index (χ1v) is 6.91. The third kappa shape index (κ3) is 4.04. The Bertz CT molecular complexity index is 408. The van der Waals surface area contributed by atoms with Crippen LogP contribution in [0.1, 0.15) is 18.9 Å². The number of hydrogen-bond donors (Lipinski definition) is 1. The number of likely N-dealkylation sites (N-methyl/N-ethyl adjacent to an activating group) is 1. The average Bonchev–Trinajstić information content (AvgIpc) is 2.82. The average molecular weight is 262 g/mol. The molecule has 0 spiro atoms. The van der Waals surface area contributed by atoms with E-state index >= 15 is 0 Å². The highest BCUT2D eigenvalue weighted by Gasteiger charge is 2.23. The molecule has 1 unspecified atom stereocenters. The van der Waals surface area contributed by atoms with Gasteiger partial charge in [0.1, 0.15) is 0 Å². The van der Waals surface area contributed by atoms with Crippen molar-refractivity contribution in [3.63, 3.8) is 0 Å². The minimum Gasteiger partial charge on any atom is -0.392 e. The molecule has 19 heavy (non-hydrogen) atoms. The highest BCUT2D eigenvalue weighted by molar-refractivity contribution is 5.78. The minimum atomic E-state index is -0.267. The van der Waals surface area contributed by atoms with Crippen LogP contribution in [0.15, 0.2) is 30.3 Å². The highest BCUT2D eigenvalue weighted by atomic mass is 16.3. The molecule has 0 saturated carbocycles. The van der Waals surface area contributed by atoms with Gasteiger partial charge in [0.15, 0.2) is 0 Å².